The molecule has 1 heterocycles. The summed E-state index contributed by atoms with van der Waals surface area (Å²) in [6.45, 7) is 3.77. The summed E-state index contributed by atoms with van der Waals surface area (Å²) < 4.78 is 27.2. The number of sulfonamides is 1. The minimum Gasteiger partial charge on any atom is -0.321 e. The van der Waals surface area contributed by atoms with Crippen molar-refractivity contribution in [2.24, 2.45) is 0 Å². The maximum Gasteiger partial charge on any atom is 0.252 e. The van der Waals surface area contributed by atoms with Crippen LogP contribution in [0.25, 0.3) is 10.9 Å². The van der Waals surface area contributed by atoms with E-state index < -0.39 is 10.0 Å². The Kier molecular flexibility index (Phi) is 4.69. The molecular weight excluding hydrogens is 360 g/mol. The molecular formula is C18H17ClN2O3S. The molecule has 0 radical (unpaired) electrons. The smallest absolute Gasteiger partial charge is 0.252 e. The second-order valence-corrected chi connectivity index (χ2v) is 8.07. The van der Waals surface area contributed by atoms with Gasteiger partial charge in [-0.05, 0) is 49.1 Å². The van der Waals surface area contributed by atoms with E-state index in [-0.39, 0.29) is 22.0 Å². The van der Waals surface area contributed by atoms with E-state index in [1.165, 1.54) is 12.1 Å². The summed E-state index contributed by atoms with van der Waals surface area (Å²) in [6.07, 6.45) is 0. The van der Waals surface area contributed by atoms with Crippen molar-refractivity contribution in [2.45, 2.75) is 25.3 Å². The highest BCUT2D eigenvalue weighted by Gasteiger charge is 2.17. The largest absolute Gasteiger partial charge is 0.321 e. The number of aromatic amines is 1. The van der Waals surface area contributed by atoms with Crippen molar-refractivity contribution < 1.29 is 8.42 Å². The summed E-state index contributed by atoms with van der Waals surface area (Å²) >= 11 is 5.95. The molecule has 0 aliphatic carbocycles. The summed E-state index contributed by atoms with van der Waals surface area (Å²) in [7, 11) is -3.81. The van der Waals surface area contributed by atoms with E-state index in [2.05, 4.69) is 9.71 Å². The van der Waals surface area contributed by atoms with Crippen molar-refractivity contribution in [1.29, 1.82) is 0 Å². The van der Waals surface area contributed by atoms with Gasteiger partial charge in [0.1, 0.15) is 4.90 Å². The molecule has 7 heteroatoms. The first kappa shape index (κ1) is 17.7. The van der Waals surface area contributed by atoms with Gasteiger partial charge >= 0.3 is 0 Å². The molecule has 2 N–H and O–H groups in total. The number of pyridine rings is 1. The van der Waals surface area contributed by atoms with Gasteiger partial charge in [-0.3, -0.25) is 4.79 Å². The molecule has 3 aromatic rings. The molecule has 3 rings (SSSR count). The van der Waals surface area contributed by atoms with Crippen molar-refractivity contribution in [3.8, 4) is 0 Å². The molecule has 0 spiro atoms. The van der Waals surface area contributed by atoms with Gasteiger partial charge in [0, 0.05) is 12.1 Å². The number of halogens is 1. The van der Waals surface area contributed by atoms with Crippen LogP contribution in [-0.4, -0.2) is 13.4 Å². The number of benzene rings is 2. The van der Waals surface area contributed by atoms with Crippen LogP contribution >= 0.6 is 11.6 Å². The van der Waals surface area contributed by atoms with Gasteiger partial charge in [0.25, 0.3) is 5.56 Å². The third-order valence-corrected chi connectivity index (χ3v) is 5.85. The van der Waals surface area contributed by atoms with E-state index in [1.807, 2.05) is 26.0 Å². The Morgan fingerprint density at radius 1 is 1.12 bits per heavy atom. The predicted molar refractivity (Wildman–Crippen MR) is 99.5 cm³/mol. The first-order valence-electron chi connectivity index (χ1n) is 7.65. The second-order valence-electron chi connectivity index (χ2n) is 5.92. The molecule has 0 aliphatic rings. The zero-order chi connectivity index (χ0) is 18.2. The topological polar surface area (TPSA) is 79.0 Å². The number of nitrogens with one attached hydrogen (secondary N) is 2. The highest BCUT2D eigenvalue weighted by molar-refractivity contribution is 7.89. The zero-order valence-corrected chi connectivity index (χ0v) is 15.3. The van der Waals surface area contributed by atoms with E-state index >= 15 is 0 Å². The Morgan fingerprint density at radius 2 is 1.84 bits per heavy atom. The average molecular weight is 377 g/mol. The molecule has 0 bridgehead atoms. The molecule has 0 saturated heterocycles. The molecule has 0 atom stereocenters. The van der Waals surface area contributed by atoms with Gasteiger partial charge in [0.2, 0.25) is 10.0 Å². The second kappa shape index (κ2) is 6.63. The molecule has 0 unspecified atom stereocenters. The Hall–Kier alpha value is -2.15. The summed E-state index contributed by atoms with van der Waals surface area (Å²) in [4.78, 5) is 15.1. The predicted octanol–water partition coefficient (Wildman–Crippen LogP) is 3.28. The van der Waals surface area contributed by atoms with Crippen LogP contribution in [0, 0.1) is 13.8 Å². The first-order valence-corrected chi connectivity index (χ1v) is 9.51. The molecule has 1 aromatic heterocycles. The maximum absolute atomic E-state index is 12.4. The standard InChI is InChI=1S/C18H17ClN2O3S/c1-11-7-12(2)17-13(8-11)9-14(18(22)21-17)10-20-25(23,24)16-6-4-3-5-15(16)19/h3-9,20H,10H2,1-2H3,(H,21,22). The Morgan fingerprint density at radius 3 is 2.56 bits per heavy atom. The zero-order valence-electron chi connectivity index (χ0n) is 13.8. The van der Waals surface area contributed by atoms with Gasteiger partial charge in [0.15, 0.2) is 0 Å². The lowest BCUT2D eigenvalue weighted by Crippen LogP contribution is -2.27. The number of rotatable bonds is 4. The molecule has 2 aromatic carbocycles. The van der Waals surface area contributed by atoms with Crippen molar-refractivity contribution in [1.82, 2.24) is 9.71 Å². The van der Waals surface area contributed by atoms with Crippen molar-refractivity contribution in [2.75, 3.05) is 0 Å². The lowest BCUT2D eigenvalue weighted by molar-refractivity contribution is 0.581. The van der Waals surface area contributed by atoms with E-state index in [0.29, 0.717) is 5.56 Å². The molecule has 25 heavy (non-hydrogen) atoms. The highest BCUT2D eigenvalue weighted by Crippen LogP contribution is 2.21. The van der Waals surface area contributed by atoms with Gasteiger partial charge in [-0.1, -0.05) is 35.4 Å². The van der Waals surface area contributed by atoms with Crippen molar-refractivity contribution in [3.05, 3.63) is 74.5 Å². The quantitative estimate of drug-likeness (QED) is 0.733. The van der Waals surface area contributed by atoms with Crippen LogP contribution in [0.15, 0.2) is 52.2 Å². The fraction of sp³-hybridized carbons (Fsp3) is 0.167. The number of aryl methyl sites for hydroxylation is 2. The Bertz CT molecular complexity index is 1120. The highest BCUT2D eigenvalue weighted by atomic mass is 35.5. The summed E-state index contributed by atoms with van der Waals surface area (Å²) in [5.74, 6) is 0. The molecule has 0 saturated carbocycles. The number of hydrogen-bond acceptors (Lipinski definition) is 3. The number of H-pyrrole nitrogens is 1. The van der Waals surface area contributed by atoms with Gasteiger partial charge in [-0.25, -0.2) is 13.1 Å². The van der Waals surface area contributed by atoms with Crippen LogP contribution in [0.5, 0.6) is 0 Å². The summed E-state index contributed by atoms with van der Waals surface area (Å²) in [5.41, 5.74) is 2.82. The molecule has 0 aliphatic heterocycles. The third-order valence-electron chi connectivity index (χ3n) is 3.95. The normalized spacial score (nSPS) is 11.8. The van der Waals surface area contributed by atoms with Crippen LogP contribution in [0.4, 0.5) is 0 Å². The van der Waals surface area contributed by atoms with Crippen LogP contribution in [0.3, 0.4) is 0 Å². The molecule has 0 fully saturated rings. The number of aromatic nitrogens is 1. The van der Waals surface area contributed by atoms with Crippen LogP contribution < -0.4 is 10.3 Å². The number of hydrogen-bond donors (Lipinski definition) is 2. The molecule has 5 nitrogen and oxygen atoms in total. The average Bonchev–Trinajstić information content (AvgIpc) is 2.54. The van der Waals surface area contributed by atoms with Crippen LogP contribution in [0.1, 0.15) is 16.7 Å². The lowest BCUT2D eigenvalue weighted by Gasteiger charge is -2.10. The number of fused-ring (bicyclic) bond motifs is 1. The maximum atomic E-state index is 12.4. The fourth-order valence-corrected chi connectivity index (χ4v) is 4.30. The van der Waals surface area contributed by atoms with Gasteiger partial charge in [-0.2, -0.15) is 0 Å². The van der Waals surface area contributed by atoms with E-state index in [1.54, 1.807) is 18.2 Å². The lowest BCUT2D eigenvalue weighted by atomic mass is 10.1. The molecule has 130 valence electrons. The van der Waals surface area contributed by atoms with E-state index in [4.69, 9.17) is 11.6 Å². The van der Waals surface area contributed by atoms with Crippen molar-refractivity contribution in [3.63, 3.8) is 0 Å². The van der Waals surface area contributed by atoms with Crippen LogP contribution in [-0.2, 0) is 16.6 Å². The Labute approximate surface area is 150 Å². The van der Waals surface area contributed by atoms with E-state index in [0.717, 1.165) is 22.0 Å². The Balaban J connectivity index is 1.95. The molecule has 0 amide bonds. The summed E-state index contributed by atoms with van der Waals surface area (Å²) in [5, 5.41) is 0.998. The SMILES string of the molecule is Cc1cc(C)c2[nH]c(=O)c(CNS(=O)(=O)c3ccccc3Cl)cc2c1. The third kappa shape index (κ3) is 3.61. The fourth-order valence-electron chi connectivity index (χ4n) is 2.78. The minimum absolute atomic E-state index is 0.0134. The van der Waals surface area contributed by atoms with Crippen LogP contribution in [0.2, 0.25) is 5.02 Å². The van der Waals surface area contributed by atoms with E-state index in [9.17, 15) is 13.2 Å². The van der Waals surface area contributed by atoms with Gasteiger partial charge < -0.3 is 4.98 Å². The van der Waals surface area contributed by atoms with Crippen molar-refractivity contribution >= 4 is 32.5 Å². The minimum atomic E-state index is -3.81. The first-order chi connectivity index (χ1) is 11.8. The van der Waals surface area contributed by atoms with Gasteiger partial charge in [-0.15, -0.1) is 0 Å². The summed E-state index contributed by atoms with van der Waals surface area (Å²) in [6, 6.07) is 11.8. The monoisotopic (exact) mass is 376 g/mol. The van der Waals surface area contributed by atoms with Gasteiger partial charge in [0.05, 0.1) is 10.5 Å².